The second-order valence-corrected chi connectivity index (χ2v) is 7.99. The number of benzene rings is 1. The normalized spacial score (nSPS) is 18.1. The molecule has 0 fully saturated rings. The predicted molar refractivity (Wildman–Crippen MR) is 103 cm³/mol. The molecular formula is C20H26N6. The van der Waals surface area contributed by atoms with Crippen molar-refractivity contribution < 1.29 is 0 Å². The number of nitrogens with zero attached hydrogens (tertiary/aromatic N) is 5. The average Bonchev–Trinajstić information content (AvgIpc) is 3.05. The van der Waals surface area contributed by atoms with Crippen LogP contribution in [0.4, 0.5) is 5.82 Å². The van der Waals surface area contributed by atoms with Gasteiger partial charge in [-0.3, -0.25) is 4.90 Å². The summed E-state index contributed by atoms with van der Waals surface area (Å²) in [6.45, 7) is 11.6. The second-order valence-electron chi connectivity index (χ2n) is 7.99. The molecule has 136 valence electrons. The second kappa shape index (κ2) is 6.36. The van der Waals surface area contributed by atoms with Crippen LogP contribution < -0.4 is 5.32 Å². The van der Waals surface area contributed by atoms with Gasteiger partial charge in [-0.25, -0.2) is 0 Å². The van der Waals surface area contributed by atoms with Crippen molar-refractivity contribution >= 4 is 11.5 Å². The molecule has 1 N–H and O–H groups in total. The Labute approximate surface area is 154 Å². The summed E-state index contributed by atoms with van der Waals surface area (Å²) in [5.74, 6) is 1.72. The first-order chi connectivity index (χ1) is 12.5. The zero-order valence-electron chi connectivity index (χ0n) is 15.9. The number of aromatic nitrogens is 4. The zero-order valence-corrected chi connectivity index (χ0v) is 15.9. The molecule has 4 rings (SSSR count). The van der Waals surface area contributed by atoms with Crippen LogP contribution in [-0.4, -0.2) is 37.8 Å². The van der Waals surface area contributed by atoms with Gasteiger partial charge in [-0.2, -0.15) is 4.52 Å². The zero-order chi connectivity index (χ0) is 18.3. The van der Waals surface area contributed by atoms with Crippen molar-refractivity contribution in [3.05, 3.63) is 53.3 Å². The number of likely N-dealkylation sites (N-methyl/N-ethyl adjacent to an activating group) is 1. The van der Waals surface area contributed by atoms with E-state index in [1.807, 2.05) is 16.6 Å². The van der Waals surface area contributed by atoms with Gasteiger partial charge in [-0.05, 0) is 29.8 Å². The Balaban J connectivity index is 1.69. The highest BCUT2D eigenvalue weighted by molar-refractivity contribution is 5.47. The lowest BCUT2D eigenvalue weighted by atomic mass is 9.95. The Bertz CT molecular complexity index is 923. The fourth-order valence-corrected chi connectivity index (χ4v) is 3.56. The fraction of sp³-hybridized carbons (Fsp3) is 0.450. The molecule has 6 nitrogen and oxygen atoms in total. The van der Waals surface area contributed by atoms with Gasteiger partial charge in [-0.1, -0.05) is 52.0 Å². The molecule has 1 unspecified atom stereocenters. The third-order valence-corrected chi connectivity index (χ3v) is 4.97. The summed E-state index contributed by atoms with van der Waals surface area (Å²) in [5, 5.41) is 17.0. The minimum absolute atomic E-state index is 0.110. The van der Waals surface area contributed by atoms with Crippen molar-refractivity contribution in [1.82, 2.24) is 24.7 Å². The standard InChI is InChI=1S/C20H26N6/c1-5-25-12-14-8-6-7-9-15(14)16(13-25)21-17-10-11-18-22-23-19(20(2,3)4)26(18)24-17/h6-11,16H,5,12-13H2,1-4H3,(H,21,24). The summed E-state index contributed by atoms with van der Waals surface area (Å²) in [6.07, 6.45) is 0. The maximum atomic E-state index is 4.78. The molecular weight excluding hydrogens is 324 g/mol. The van der Waals surface area contributed by atoms with Gasteiger partial charge in [0.2, 0.25) is 0 Å². The van der Waals surface area contributed by atoms with Crippen LogP contribution in [0.5, 0.6) is 0 Å². The lowest BCUT2D eigenvalue weighted by Gasteiger charge is -2.34. The average molecular weight is 350 g/mol. The van der Waals surface area contributed by atoms with Crippen LogP contribution in [0.1, 0.15) is 50.7 Å². The van der Waals surface area contributed by atoms with E-state index in [0.29, 0.717) is 0 Å². The molecule has 0 bridgehead atoms. The summed E-state index contributed by atoms with van der Waals surface area (Å²) < 4.78 is 1.86. The lowest BCUT2D eigenvalue weighted by molar-refractivity contribution is 0.250. The number of hydrogen-bond donors (Lipinski definition) is 1. The van der Waals surface area contributed by atoms with E-state index in [-0.39, 0.29) is 11.5 Å². The van der Waals surface area contributed by atoms with Crippen LogP contribution >= 0.6 is 0 Å². The molecule has 3 heterocycles. The maximum Gasteiger partial charge on any atom is 0.178 e. The van der Waals surface area contributed by atoms with Gasteiger partial charge >= 0.3 is 0 Å². The van der Waals surface area contributed by atoms with Crippen LogP contribution in [-0.2, 0) is 12.0 Å². The third kappa shape index (κ3) is 3.05. The minimum atomic E-state index is -0.110. The highest BCUT2D eigenvalue weighted by Gasteiger charge is 2.25. The molecule has 0 aliphatic carbocycles. The molecule has 3 aromatic rings. The monoisotopic (exact) mass is 350 g/mol. The van der Waals surface area contributed by atoms with Crippen molar-refractivity contribution in [1.29, 1.82) is 0 Å². The van der Waals surface area contributed by atoms with Gasteiger partial charge in [-0.15, -0.1) is 15.3 Å². The van der Waals surface area contributed by atoms with Gasteiger partial charge in [0, 0.05) is 18.5 Å². The molecule has 0 saturated carbocycles. The quantitative estimate of drug-likeness (QED) is 0.784. The van der Waals surface area contributed by atoms with E-state index in [1.54, 1.807) is 0 Å². The minimum Gasteiger partial charge on any atom is -0.361 e. The summed E-state index contributed by atoms with van der Waals surface area (Å²) >= 11 is 0. The van der Waals surface area contributed by atoms with E-state index in [0.717, 1.165) is 36.9 Å². The van der Waals surface area contributed by atoms with E-state index < -0.39 is 0 Å². The van der Waals surface area contributed by atoms with Gasteiger partial charge in [0.25, 0.3) is 0 Å². The molecule has 1 aromatic carbocycles. The van der Waals surface area contributed by atoms with Gasteiger partial charge in [0.15, 0.2) is 11.5 Å². The van der Waals surface area contributed by atoms with Crippen LogP contribution in [0, 0.1) is 0 Å². The Morgan fingerprint density at radius 3 is 2.69 bits per heavy atom. The van der Waals surface area contributed by atoms with Crippen molar-refractivity contribution in [3.8, 4) is 0 Å². The van der Waals surface area contributed by atoms with Crippen LogP contribution in [0.25, 0.3) is 5.65 Å². The third-order valence-electron chi connectivity index (χ3n) is 4.97. The first-order valence-corrected chi connectivity index (χ1v) is 9.25. The number of anilines is 1. The smallest absolute Gasteiger partial charge is 0.178 e. The molecule has 0 radical (unpaired) electrons. The number of nitrogens with one attached hydrogen (secondary N) is 1. The first-order valence-electron chi connectivity index (χ1n) is 9.25. The highest BCUT2D eigenvalue weighted by Crippen LogP contribution is 2.29. The van der Waals surface area contributed by atoms with Crippen LogP contribution in [0.3, 0.4) is 0 Å². The molecule has 1 atom stereocenters. The molecule has 0 spiro atoms. The van der Waals surface area contributed by atoms with Crippen molar-refractivity contribution in [2.75, 3.05) is 18.4 Å². The number of fused-ring (bicyclic) bond motifs is 2. The Morgan fingerprint density at radius 1 is 1.12 bits per heavy atom. The maximum absolute atomic E-state index is 4.78. The largest absolute Gasteiger partial charge is 0.361 e. The number of hydrogen-bond acceptors (Lipinski definition) is 5. The van der Waals surface area contributed by atoms with E-state index in [2.05, 4.69) is 72.4 Å². The Morgan fingerprint density at radius 2 is 1.92 bits per heavy atom. The van der Waals surface area contributed by atoms with Crippen molar-refractivity contribution in [2.24, 2.45) is 0 Å². The van der Waals surface area contributed by atoms with Crippen LogP contribution in [0.2, 0.25) is 0 Å². The first kappa shape index (κ1) is 17.0. The lowest BCUT2D eigenvalue weighted by Crippen LogP contribution is -2.36. The van der Waals surface area contributed by atoms with Crippen molar-refractivity contribution in [3.63, 3.8) is 0 Å². The molecule has 6 heteroatoms. The fourth-order valence-electron chi connectivity index (χ4n) is 3.56. The summed E-state index contributed by atoms with van der Waals surface area (Å²) in [7, 11) is 0. The predicted octanol–water partition coefficient (Wildman–Crippen LogP) is 3.41. The van der Waals surface area contributed by atoms with Gasteiger partial charge in [0.1, 0.15) is 5.82 Å². The van der Waals surface area contributed by atoms with Crippen LogP contribution in [0.15, 0.2) is 36.4 Å². The molecule has 0 amide bonds. The summed E-state index contributed by atoms with van der Waals surface area (Å²) in [4.78, 5) is 2.46. The highest BCUT2D eigenvalue weighted by atomic mass is 15.4. The van der Waals surface area contributed by atoms with E-state index in [4.69, 9.17) is 5.10 Å². The van der Waals surface area contributed by atoms with E-state index in [9.17, 15) is 0 Å². The van der Waals surface area contributed by atoms with E-state index >= 15 is 0 Å². The Hall–Kier alpha value is -2.47. The topological polar surface area (TPSA) is 58.3 Å². The molecule has 26 heavy (non-hydrogen) atoms. The Kier molecular flexibility index (Phi) is 4.15. The molecule has 2 aromatic heterocycles. The molecule has 0 saturated heterocycles. The SMILES string of the molecule is CCN1Cc2ccccc2C(Nc2ccc3nnc(C(C)(C)C)n3n2)C1. The summed E-state index contributed by atoms with van der Waals surface area (Å²) in [5.41, 5.74) is 3.42. The summed E-state index contributed by atoms with van der Waals surface area (Å²) in [6, 6.07) is 12.9. The van der Waals surface area contributed by atoms with Gasteiger partial charge in [0.05, 0.1) is 6.04 Å². The molecule has 1 aliphatic heterocycles. The molecule has 1 aliphatic rings. The van der Waals surface area contributed by atoms with E-state index in [1.165, 1.54) is 11.1 Å². The van der Waals surface area contributed by atoms with Crippen molar-refractivity contribution in [2.45, 2.75) is 45.7 Å². The van der Waals surface area contributed by atoms with Gasteiger partial charge < -0.3 is 5.32 Å². The number of rotatable bonds is 3.